The van der Waals surface area contributed by atoms with Crippen molar-refractivity contribution in [3.8, 4) is 0 Å². The molecule has 5 nitrogen and oxygen atoms in total. The van der Waals surface area contributed by atoms with Crippen LogP contribution in [-0.4, -0.2) is 59.8 Å². The molecule has 1 aromatic carbocycles. The standard InChI is InChI=1S/C21H33N3O2/c1-5-15-23(16-11-10-14-20-12-8-7-9-13-20)21(26)18-24(6-2)22(4)17-19(3)25/h6-9,12-13H,2,5,10-11,14-18H2,1,3-4H3. The molecule has 26 heavy (non-hydrogen) atoms. The van der Waals surface area contributed by atoms with Gasteiger partial charge in [-0.15, -0.1) is 0 Å². The minimum Gasteiger partial charge on any atom is -0.341 e. The summed E-state index contributed by atoms with van der Waals surface area (Å²) in [6.45, 7) is 9.38. The average Bonchev–Trinajstić information content (AvgIpc) is 2.62. The number of amides is 1. The SMILES string of the molecule is C=CN(CC(=O)N(CCC)CCCCc1ccccc1)N(C)CC(C)=O. The average molecular weight is 360 g/mol. The Kier molecular flexibility index (Phi) is 10.3. The second-order valence-corrected chi connectivity index (χ2v) is 6.62. The number of benzene rings is 1. The summed E-state index contributed by atoms with van der Waals surface area (Å²) in [4.78, 5) is 25.9. The van der Waals surface area contributed by atoms with Gasteiger partial charge in [0.25, 0.3) is 0 Å². The van der Waals surface area contributed by atoms with Gasteiger partial charge in [0.2, 0.25) is 5.91 Å². The number of ketones is 1. The van der Waals surface area contributed by atoms with Gasteiger partial charge in [0, 0.05) is 26.3 Å². The summed E-state index contributed by atoms with van der Waals surface area (Å²) in [5, 5.41) is 3.43. The zero-order chi connectivity index (χ0) is 19.4. The number of carbonyl (C=O) groups excluding carboxylic acids is 2. The third-order valence-corrected chi connectivity index (χ3v) is 4.23. The fraction of sp³-hybridized carbons (Fsp3) is 0.524. The summed E-state index contributed by atoms with van der Waals surface area (Å²) in [6, 6.07) is 10.4. The van der Waals surface area contributed by atoms with Crippen LogP contribution in [0, 0.1) is 0 Å². The first-order chi connectivity index (χ1) is 12.5. The normalized spacial score (nSPS) is 10.6. The van der Waals surface area contributed by atoms with Crippen molar-refractivity contribution >= 4 is 11.7 Å². The molecule has 0 saturated heterocycles. The number of hydrogen-bond acceptors (Lipinski definition) is 4. The monoisotopic (exact) mass is 359 g/mol. The van der Waals surface area contributed by atoms with E-state index < -0.39 is 0 Å². The molecule has 0 saturated carbocycles. The van der Waals surface area contributed by atoms with Crippen molar-refractivity contribution in [2.75, 3.05) is 33.2 Å². The van der Waals surface area contributed by atoms with Crippen LogP contribution in [0.1, 0.15) is 38.7 Å². The smallest absolute Gasteiger partial charge is 0.243 e. The molecule has 0 atom stereocenters. The molecule has 0 unspecified atom stereocenters. The topological polar surface area (TPSA) is 43.9 Å². The highest BCUT2D eigenvalue weighted by Gasteiger charge is 2.17. The summed E-state index contributed by atoms with van der Waals surface area (Å²) in [7, 11) is 1.79. The molecule has 0 aliphatic heterocycles. The first kappa shape index (κ1) is 21.9. The molecule has 0 fully saturated rings. The van der Waals surface area contributed by atoms with Crippen molar-refractivity contribution < 1.29 is 9.59 Å². The molecular weight excluding hydrogens is 326 g/mol. The van der Waals surface area contributed by atoms with Gasteiger partial charge in [-0.1, -0.05) is 43.8 Å². The highest BCUT2D eigenvalue weighted by Crippen LogP contribution is 2.07. The Labute approximate surface area is 158 Å². The van der Waals surface area contributed by atoms with Crippen molar-refractivity contribution in [3.05, 3.63) is 48.7 Å². The molecule has 1 aromatic rings. The summed E-state index contributed by atoms with van der Waals surface area (Å²) >= 11 is 0. The van der Waals surface area contributed by atoms with E-state index in [0.717, 1.165) is 38.8 Å². The Morgan fingerprint density at radius 2 is 1.77 bits per heavy atom. The number of hydrogen-bond donors (Lipinski definition) is 0. The quantitative estimate of drug-likeness (QED) is 0.401. The van der Waals surface area contributed by atoms with Crippen LogP contribution in [0.15, 0.2) is 43.1 Å². The maximum Gasteiger partial charge on any atom is 0.243 e. The predicted molar refractivity (Wildman–Crippen MR) is 106 cm³/mol. The van der Waals surface area contributed by atoms with E-state index in [0.29, 0.717) is 0 Å². The summed E-state index contributed by atoms with van der Waals surface area (Å²) < 4.78 is 0. The molecule has 5 heteroatoms. The van der Waals surface area contributed by atoms with E-state index in [2.05, 4.69) is 37.8 Å². The highest BCUT2D eigenvalue weighted by atomic mass is 16.2. The van der Waals surface area contributed by atoms with Gasteiger partial charge in [0.15, 0.2) is 0 Å². The first-order valence-electron chi connectivity index (χ1n) is 9.39. The van der Waals surface area contributed by atoms with E-state index in [-0.39, 0.29) is 24.8 Å². The Hall–Kier alpha value is -2.14. The zero-order valence-corrected chi connectivity index (χ0v) is 16.5. The lowest BCUT2D eigenvalue weighted by Crippen LogP contribution is -2.46. The van der Waals surface area contributed by atoms with E-state index in [4.69, 9.17) is 0 Å². The van der Waals surface area contributed by atoms with Crippen molar-refractivity contribution in [3.63, 3.8) is 0 Å². The molecule has 0 N–H and O–H groups in total. The van der Waals surface area contributed by atoms with E-state index in [1.807, 2.05) is 11.0 Å². The van der Waals surface area contributed by atoms with Crippen molar-refractivity contribution in [2.45, 2.75) is 39.5 Å². The second-order valence-electron chi connectivity index (χ2n) is 6.62. The summed E-state index contributed by atoms with van der Waals surface area (Å²) in [5.41, 5.74) is 1.34. The molecule has 1 rings (SSSR count). The van der Waals surface area contributed by atoms with Crippen LogP contribution in [0.25, 0.3) is 0 Å². The molecular formula is C21H33N3O2. The number of hydrazine groups is 1. The Balaban J connectivity index is 2.48. The van der Waals surface area contributed by atoms with Gasteiger partial charge < -0.3 is 9.91 Å². The van der Waals surface area contributed by atoms with Crippen LogP contribution >= 0.6 is 0 Å². The van der Waals surface area contributed by atoms with Gasteiger partial charge in [0.05, 0.1) is 6.54 Å². The molecule has 0 aromatic heterocycles. The Bertz CT molecular complexity index is 560. The van der Waals surface area contributed by atoms with Gasteiger partial charge >= 0.3 is 0 Å². The number of rotatable bonds is 13. The van der Waals surface area contributed by atoms with Crippen LogP contribution in [0.5, 0.6) is 0 Å². The fourth-order valence-corrected chi connectivity index (χ4v) is 2.88. The minimum absolute atomic E-state index is 0.0538. The Morgan fingerprint density at radius 3 is 2.35 bits per heavy atom. The van der Waals surface area contributed by atoms with Crippen molar-refractivity contribution in [2.24, 2.45) is 0 Å². The number of likely N-dealkylation sites (N-methyl/N-ethyl adjacent to an activating group) is 1. The van der Waals surface area contributed by atoms with E-state index >= 15 is 0 Å². The Morgan fingerprint density at radius 1 is 1.08 bits per heavy atom. The summed E-state index contributed by atoms with van der Waals surface area (Å²) in [6.07, 6.45) is 5.61. The van der Waals surface area contributed by atoms with Gasteiger partial charge in [-0.3, -0.25) is 9.59 Å². The maximum absolute atomic E-state index is 12.7. The zero-order valence-electron chi connectivity index (χ0n) is 16.5. The summed E-state index contributed by atoms with van der Waals surface area (Å²) in [5.74, 6) is 0.125. The van der Waals surface area contributed by atoms with Crippen LogP contribution in [0.4, 0.5) is 0 Å². The highest BCUT2D eigenvalue weighted by molar-refractivity contribution is 5.79. The molecule has 0 aliphatic rings. The minimum atomic E-state index is 0.0538. The maximum atomic E-state index is 12.7. The van der Waals surface area contributed by atoms with Gasteiger partial charge in [-0.05, 0) is 38.2 Å². The molecule has 0 aliphatic carbocycles. The lowest BCUT2D eigenvalue weighted by molar-refractivity contribution is -0.136. The lowest BCUT2D eigenvalue weighted by Gasteiger charge is -2.32. The van der Waals surface area contributed by atoms with Gasteiger partial charge in [0.1, 0.15) is 12.3 Å². The first-order valence-corrected chi connectivity index (χ1v) is 9.39. The van der Waals surface area contributed by atoms with Crippen molar-refractivity contribution in [1.29, 1.82) is 0 Å². The predicted octanol–water partition coefficient (Wildman–Crippen LogP) is 3.13. The molecule has 144 valence electrons. The number of aryl methyl sites for hydroxylation is 1. The third kappa shape index (κ3) is 8.30. The molecule has 0 heterocycles. The van der Waals surface area contributed by atoms with E-state index in [1.165, 1.54) is 12.5 Å². The van der Waals surface area contributed by atoms with Crippen LogP contribution < -0.4 is 0 Å². The fourth-order valence-electron chi connectivity index (χ4n) is 2.88. The van der Waals surface area contributed by atoms with Crippen LogP contribution in [0.3, 0.4) is 0 Å². The number of carbonyl (C=O) groups is 2. The number of Topliss-reactive ketones (excluding diaryl/α,β-unsaturated/α-hetero) is 1. The second kappa shape index (κ2) is 12.3. The van der Waals surface area contributed by atoms with Gasteiger partial charge in [-0.25, -0.2) is 5.01 Å². The molecule has 0 radical (unpaired) electrons. The molecule has 1 amide bonds. The van der Waals surface area contributed by atoms with Crippen LogP contribution in [-0.2, 0) is 16.0 Å². The third-order valence-electron chi connectivity index (χ3n) is 4.23. The number of nitrogens with zero attached hydrogens (tertiary/aromatic N) is 3. The van der Waals surface area contributed by atoms with E-state index in [1.54, 1.807) is 23.3 Å². The molecule has 0 bridgehead atoms. The van der Waals surface area contributed by atoms with Gasteiger partial charge in [-0.2, -0.15) is 0 Å². The van der Waals surface area contributed by atoms with Crippen molar-refractivity contribution in [1.82, 2.24) is 14.9 Å². The number of unbranched alkanes of at least 4 members (excludes halogenated alkanes) is 1. The lowest BCUT2D eigenvalue weighted by atomic mass is 10.1. The van der Waals surface area contributed by atoms with Crippen LogP contribution in [0.2, 0.25) is 0 Å². The molecule has 0 spiro atoms. The van der Waals surface area contributed by atoms with E-state index in [9.17, 15) is 9.59 Å². The largest absolute Gasteiger partial charge is 0.341 e.